The molecule has 2 aromatic rings. The molecule has 2 N–H and O–H groups in total. The highest BCUT2D eigenvalue weighted by Gasteiger charge is 2.15. The van der Waals surface area contributed by atoms with Crippen LogP contribution in [0.4, 0.5) is 5.69 Å². The van der Waals surface area contributed by atoms with Gasteiger partial charge in [-0.2, -0.15) is 0 Å². The van der Waals surface area contributed by atoms with Crippen molar-refractivity contribution in [1.29, 1.82) is 0 Å². The van der Waals surface area contributed by atoms with Crippen molar-refractivity contribution in [2.75, 3.05) is 5.32 Å². The van der Waals surface area contributed by atoms with Crippen LogP contribution in [0.1, 0.15) is 44.9 Å². The van der Waals surface area contributed by atoms with Crippen molar-refractivity contribution in [2.45, 2.75) is 44.9 Å². The summed E-state index contributed by atoms with van der Waals surface area (Å²) in [6.07, 6.45) is 8.06. The summed E-state index contributed by atoms with van der Waals surface area (Å²) >= 11 is 5.26. The lowest BCUT2D eigenvalue weighted by Crippen LogP contribution is -2.34. The van der Waals surface area contributed by atoms with Gasteiger partial charge in [0.2, 0.25) is 5.91 Å². The van der Waals surface area contributed by atoms with Gasteiger partial charge in [0.15, 0.2) is 5.11 Å². The van der Waals surface area contributed by atoms with Crippen LogP contribution in [-0.2, 0) is 4.79 Å². The van der Waals surface area contributed by atoms with Crippen LogP contribution in [0.15, 0.2) is 42.5 Å². The Labute approximate surface area is 148 Å². The maximum atomic E-state index is 12.1. The van der Waals surface area contributed by atoms with Gasteiger partial charge in [-0.15, -0.1) is 0 Å². The molecule has 1 fully saturated rings. The predicted molar refractivity (Wildman–Crippen MR) is 104 cm³/mol. The predicted octanol–water partition coefficient (Wildman–Crippen LogP) is 5.01. The minimum Gasteiger partial charge on any atom is -0.332 e. The fourth-order valence-electron chi connectivity index (χ4n) is 3.43. The van der Waals surface area contributed by atoms with Gasteiger partial charge < -0.3 is 10.6 Å². The number of benzene rings is 2. The molecule has 3 rings (SSSR count). The first-order valence-electron chi connectivity index (χ1n) is 8.80. The zero-order valence-electron chi connectivity index (χ0n) is 13.9. The van der Waals surface area contributed by atoms with E-state index in [4.69, 9.17) is 12.2 Å². The van der Waals surface area contributed by atoms with Gasteiger partial charge in [0, 0.05) is 12.1 Å². The molecule has 0 saturated heterocycles. The van der Waals surface area contributed by atoms with Crippen molar-refractivity contribution in [1.82, 2.24) is 5.32 Å². The summed E-state index contributed by atoms with van der Waals surface area (Å²) in [5.41, 5.74) is 0.895. The number of carbonyl (C=O) groups is 1. The molecule has 24 heavy (non-hydrogen) atoms. The molecule has 0 spiro atoms. The molecular formula is C20H24N2OS. The number of fused-ring (bicyclic) bond motifs is 1. The highest BCUT2D eigenvalue weighted by Crippen LogP contribution is 2.27. The second-order valence-electron chi connectivity index (χ2n) is 6.61. The number of carbonyl (C=O) groups excluding carboxylic acids is 1. The number of thiocarbonyl (C=S) groups is 1. The zero-order valence-corrected chi connectivity index (χ0v) is 14.7. The maximum Gasteiger partial charge on any atom is 0.226 e. The molecule has 0 heterocycles. The largest absolute Gasteiger partial charge is 0.332 e. The van der Waals surface area contributed by atoms with Crippen molar-refractivity contribution in [3.63, 3.8) is 0 Å². The SMILES string of the molecule is O=C(CCC1CCCCC1)NC(=S)Nc1ccc2ccccc2c1. The van der Waals surface area contributed by atoms with Crippen molar-refractivity contribution in [2.24, 2.45) is 5.92 Å². The number of amides is 1. The molecule has 0 aliphatic heterocycles. The molecule has 3 nitrogen and oxygen atoms in total. The van der Waals surface area contributed by atoms with Gasteiger partial charge in [-0.1, -0.05) is 62.4 Å². The molecule has 0 bridgehead atoms. The topological polar surface area (TPSA) is 41.1 Å². The fraction of sp³-hybridized carbons (Fsp3) is 0.400. The Morgan fingerprint density at radius 1 is 1.04 bits per heavy atom. The first-order chi connectivity index (χ1) is 11.7. The van der Waals surface area contributed by atoms with E-state index < -0.39 is 0 Å². The molecule has 4 heteroatoms. The van der Waals surface area contributed by atoms with Gasteiger partial charge >= 0.3 is 0 Å². The molecule has 1 saturated carbocycles. The monoisotopic (exact) mass is 340 g/mol. The first kappa shape index (κ1) is 16.9. The molecule has 126 valence electrons. The summed E-state index contributed by atoms with van der Waals surface area (Å²) in [4.78, 5) is 12.1. The van der Waals surface area contributed by atoms with E-state index >= 15 is 0 Å². The van der Waals surface area contributed by atoms with E-state index in [9.17, 15) is 4.79 Å². The van der Waals surface area contributed by atoms with Gasteiger partial charge in [-0.3, -0.25) is 4.79 Å². The number of nitrogens with one attached hydrogen (secondary N) is 2. The van der Waals surface area contributed by atoms with Crippen LogP contribution in [0.5, 0.6) is 0 Å². The Bertz CT molecular complexity index is 722. The van der Waals surface area contributed by atoms with E-state index in [0.717, 1.165) is 17.5 Å². The Balaban J connectivity index is 1.47. The average Bonchev–Trinajstić information content (AvgIpc) is 2.60. The van der Waals surface area contributed by atoms with E-state index in [1.807, 2.05) is 30.3 Å². The number of hydrogen-bond acceptors (Lipinski definition) is 2. The van der Waals surface area contributed by atoms with Gasteiger partial charge in [-0.05, 0) is 47.5 Å². The Hall–Kier alpha value is -1.94. The van der Waals surface area contributed by atoms with Crippen molar-refractivity contribution in [3.05, 3.63) is 42.5 Å². The Kier molecular flexibility index (Phi) is 5.81. The zero-order chi connectivity index (χ0) is 16.8. The third-order valence-corrected chi connectivity index (χ3v) is 4.97. The lowest BCUT2D eigenvalue weighted by molar-refractivity contribution is -0.120. The quantitative estimate of drug-likeness (QED) is 0.768. The van der Waals surface area contributed by atoms with Crippen molar-refractivity contribution >= 4 is 39.7 Å². The third-order valence-electron chi connectivity index (χ3n) is 4.76. The second-order valence-corrected chi connectivity index (χ2v) is 7.02. The Morgan fingerprint density at radius 2 is 1.79 bits per heavy atom. The molecule has 0 radical (unpaired) electrons. The molecule has 0 aromatic heterocycles. The van der Waals surface area contributed by atoms with E-state index in [2.05, 4.69) is 22.8 Å². The van der Waals surface area contributed by atoms with Crippen LogP contribution in [0.2, 0.25) is 0 Å². The first-order valence-corrected chi connectivity index (χ1v) is 9.21. The third kappa shape index (κ3) is 4.78. The van der Waals surface area contributed by atoms with Gasteiger partial charge in [0.1, 0.15) is 0 Å². The summed E-state index contributed by atoms with van der Waals surface area (Å²) in [5.74, 6) is 0.727. The number of hydrogen-bond donors (Lipinski definition) is 2. The summed E-state index contributed by atoms with van der Waals surface area (Å²) in [5, 5.41) is 8.61. The number of anilines is 1. The standard InChI is InChI=1S/C20H24N2OS/c23-19(13-10-15-6-2-1-3-7-15)22-20(24)21-18-12-11-16-8-4-5-9-17(16)14-18/h4-5,8-9,11-12,14-15H,1-3,6-7,10,13H2,(H2,21,22,23,24). The van der Waals surface area contributed by atoms with Gasteiger partial charge in [-0.25, -0.2) is 0 Å². The van der Waals surface area contributed by atoms with Crippen LogP contribution in [0.3, 0.4) is 0 Å². The lowest BCUT2D eigenvalue weighted by atomic mass is 9.86. The van der Waals surface area contributed by atoms with Gasteiger partial charge in [0.25, 0.3) is 0 Å². The van der Waals surface area contributed by atoms with Crippen LogP contribution >= 0.6 is 12.2 Å². The van der Waals surface area contributed by atoms with Crippen molar-refractivity contribution in [3.8, 4) is 0 Å². The normalized spacial score (nSPS) is 15.2. The molecule has 1 aliphatic rings. The number of rotatable bonds is 4. The molecule has 1 aliphatic carbocycles. The Morgan fingerprint density at radius 3 is 2.58 bits per heavy atom. The van der Waals surface area contributed by atoms with Crippen molar-refractivity contribution < 1.29 is 4.79 Å². The van der Waals surface area contributed by atoms with Crippen LogP contribution in [0, 0.1) is 5.92 Å². The minimum atomic E-state index is 0.0128. The minimum absolute atomic E-state index is 0.0128. The van der Waals surface area contributed by atoms with Gasteiger partial charge in [0.05, 0.1) is 0 Å². The summed E-state index contributed by atoms with van der Waals surface area (Å²) < 4.78 is 0. The highest BCUT2D eigenvalue weighted by atomic mass is 32.1. The summed E-state index contributed by atoms with van der Waals surface area (Å²) in [7, 11) is 0. The molecule has 0 unspecified atom stereocenters. The fourth-order valence-corrected chi connectivity index (χ4v) is 3.66. The maximum absolute atomic E-state index is 12.1. The average molecular weight is 340 g/mol. The van der Waals surface area contributed by atoms with Crippen LogP contribution < -0.4 is 10.6 Å². The molecule has 1 amide bonds. The molecular weight excluding hydrogens is 316 g/mol. The highest BCUT2D eigenvalue weighted by molar-refractivity contribution is 7.80. The molecule has 0 atom stereocenters. The summed E-state index contributed by atoms with van der Waals surface area (Å²) in [6.45, 7) is 0. The second kappa shape index (κ2) is 8.25. The lowest BCUT2D eigenvalue weighted by Gasteiger charge is -2.21. The van der Waals surface area contributed by atoms with E-state index in [1.165, 1.54) is 37.5 Å². The summed E-state index contributed by atoms with van der Waals surface area (Å²) in [6, 6.07) is 14.2. The van der Waals surface area contributed by atoms with E-state index in [0.29, 0.717) is 17.5 Å². The van der Waals surface area contributed by atoms with E-state index in [-0.39, 0.29) is 5.91 Å². The van der Waals surface area contributed by atoms with E-state index in [1.54, 1.807) is 0 Å². The van der Waals surface area contributed by atoms with Crippen LogP contribution in [0.25, 0.3) is 10.8 Å². The molecule has 2 aromatic carbocycles. The van der Waals surface area contributed by atoms with Crippen LogP contribution in [-0.4, -0.2) is 11.0 Å². The smallest absolute Gasteiger partial charge is 0.226 e.